The van der Waals surface area contributed by atoms with E-state index in [0.29, 0.717) is 17.8 Å². The maximum absolute atomic E-state index is 13.0. The Labute approximate surface area is 123 Å². The molecule has 1 aromatic rings. The van der Waals surface area contributed by atoms with Gasteiger partial charge < -0.3 is 10.2 Å². The van der Waals surface area contributed by atoms with E-state index in [4.69, 9.17) is 0 Å². The second kappa shape index (κ2) is 5.13. The third-order valence-electron chi connectivity index (χ3n) is 4.41. The second-order valence-corrected chi connectivity index (χ2v) is 5.95. The minimum absolute atomic E-state index is 0.128. The van der Waals surface area contributed by atoms with Crippen LogP contribution < -0.4 is 10.2 Å². The van der Waals surface area contributed by atoms with Gasteiger partial charge in [-0.2, -0.15) is 0 Å². The normalized spacial score (nSPS) is 25.3. The summed E-state index contributed by atoms with van der Waals surface area (Å²) in [5.41, 5.74) is 0.179. The summed E-state index contributed by atoms with van der Waals surface area (Å²) >= 11 is 0. The molecule has 1 N–H and O–H groups in total. The molecule has 1 aliphatic heterocycles. The zero-order chi connectivity index (χ0) is 15.0. The van der Waals surface area contributed by atoms with Crippen LogP contribution in [0.2, 0.25) is 0 Å². The summed E-state index contributed by atoms with van der Waals surface area (Å²) in [5.74, 6) is -0.177. The van der Waals surface area contributed by atoms with Gasteiger partial charge in [0.1, 0.15) is 5.54 Å². The average molecular weight is 290 g/mol. The summed E-state index contributed by atoms with van der Waals surface area (Å²) in [6.45, 7) is 1.61. The van der Waals surface area contributed by atoms with Gasteiger partial charge in [-0.1, -0.05) is 12.1 Å². The molecule has 0 radical (unpaired) electrons. The molecule has 1 fully saturated rings. The molecule has 1 unspecified atom stereocenters. The molecular weight excluding hydrogens is 271 g/mol. The van der Waals surface area contributed by atoms with Crippen molar-refractivity contribution in [3.8, 4) is 0 Å². The first-order chi connectivity index (χ1) is 10.1. The van der Waals surface area contributed by atoms with E-state index in [1.54, 1.807) is 36.1 Å². The van der Waals surface area contributed by atoms with Crippen LogP contribution in [0.1, 0.15) is 36.5 Å². The molecule has 5 heteroatoms. The molecule has 2 aliphatic rings. The van der Waals surface area contributed by atoms with E-state index in [-0.39, 0.29) is 24.2 Å². The van der Waals surface area contributed by atoms with Gasteiger partial charge in [0.05, 0.1) is 17.9 Å². The van der Waals surface area contributed by atoms with Crippen molar-refractivity contribution in [3.05, 3.63) is 29.8 Å². The van der Waals surface area contributed by atoms with Crippen molar-refractivity contribution >= 4 is 17.5 Å². The van der Waals surface area contributed by atoms with Crippen molar-refractivity contribution in [1.82, 2.24) is 5.32 Å². The minimum Gasteiger partial charge on any atom is -0.338 e. The predicted molar refractivity (Wildman–Crippen MR) is 78.0 cm³/mol. The van der Waals surface area contributed by atoms with Crippen LogP contribution in [0.4, 0.5) is 10.1 Å². The van der Waals surface area contributed by atoms with Gasteiger partial charge in [-0.15, -0.1) is 0 Å². The van der Waals surface area contributed by atoms with Crippen molar-refractivity contribution in [3.63, 3.8) is 0 Å². The SMILES string of the molecule is CC1(C2CC2)NC(=O)c2ccccc2N(CCCF)C1=O. The Morgan fingerprint density at radius 2 is 2.05 bits per heavy atom. The molecule has 0 saturated heterocycles. The number of carbonyl (C=O) groups is 2. The fourth-order valence-electron chi connectivity index (χ4n) is 3.02. The highest BCUT2D eigenvalue weighted by atomic mass is 19.1. The summed E-state index contributed by atoms with van der Waals surface area (Å²) in [7, 11) is 0. The number of rotatable bonds is 4. The molecule has 2 amide bonds. The average Bonchev–Trinajstić information content (AvgIpc) is 3.32. The zero-order valence-corrected chi connectivity index (χ0v) is 12.1. The van der Waals surface area contributed by atoms with Crippen LogP contribution in [0, 0.1) is 5.92 Å². The summed E-state index contributed by atoms with van der Waals surface area (Å²) in [6.07, 6.45) is 2.15. The molecule has 0 aromatic heterocycles. The number of carbonyl (C=O) groups excluding carboxylic acids is 2. The van der Waals surface area contributed by atoms with Gasteiger partial charge in [0.25, 0.3) is 11.8 Å². The highest BCUT2D eigenvalue weighted by Crippen LogP contribution is 2.43. The summed E-state index contributed by atoms with van der Waals surface area (Å²) in [6, 6.07) is 7.03. The van der Waals surface area contributed by atoms with Gasteiger partial charge in [-0.05, 0) is 44.2 Å². The lowest BCUT2D eigenvalue weighted by Crippen LogP contribution is -2.57. The number of halogens is 1. The lowest BCUT2D eigenvalue weighted by molar-refractivity contribution is -0.124. The van der Waals surface area contributed by atoms with Crippen LogP contribution in [-0.2, 0) is 4.79 Å². The molecule has 1 aliphatic carbocycles. The van der Waals surface area contributed by atoms with Crippen molar-refractivity contribution in [1.29, 1.82) is 0 Å². The van der Waals surface area contributed by atoms with Crippen molar-refractivity contribution in [2.24, 2.45) is 5.92 Å². The van der Waals surface area contributed by atoms with Crippen LogP contribution in [-0.4, -0.2) is 30.6 Å². The number of nitrogens with zero attached hydrogens (tertiary/aromatic N) is 1. The van der Waals surface area contributed by atoms with Gasteiger partial charge in [0.15, 0.2) is 0 Å². The highest BCUT2D eigenvalue weighted by molar-refractivity contribution is 6.12. The molecule has 1 heterocycles. The summed E-state index contributed by atoms with van der Waals surface area (Å²) < 4.78 is 12.6. The highest BCUT2D eigenvalue weighted by Gasteiger charge is 2.52. The van der Waals surface area contributed by atoms with E-state index >= 15 is 0 Å². The molecule has 0 spiro atoms. The Morgan fingerprint density at radius 3 is 2.71 bits per heavy atom. The quantitative estimate of drug-likeness (QED) is 0.925. The largest absolute Gasteiger partial charge is 0.338 e. The molecule has 0 bridgehead atoms. The number of fused-ring (bicyclic) bond motifs is 1. The van der Waals surface area contributed by atoms with E-state index in [1.165, 1.54) is 0 Å². The molecule has 4 nitrogen and oxygen atoms in total. The first-order valence-corrected chi connectivity index (χ1v) is 7.37. The molecule has 1 atom stereocenters. The number of amides is 2. The topological polar surface area (TPSA) is 49.4 Å². The van der Waals surface area contributed by atoms with Crippen LogP contribution in [0.25, 0.3) is 0 Å². The Hall–Kier alpha value is -1.91. The molecule has 21 heavy (non-hydrogen) atoms. The Bertz CT molecular complexity index is 585. The lowest BCUT2D eigenvalue weighted by Gasteiger charge is -2.32. The second-order valence-electron chi connectivity index (χ2n) is 5.95. The number of nitrogens with one attached hydrogen (secondary N) is 1. The number of hydrogen-bond donors (Lipinski definition) is 1. The standard InChI is InChI=1S/C16H19FN2O2/c1-16(11-7-8-11)15(21)19(10-4-9-17)13-6-3-2-5-12(13)14(20)18-16/h2-3,5-6,11H,4,7-10H2,1H3,(H,18,20). The van der Waals surface area contributed by atoms with Gasteiger partial charge in [0, 0.05) is 6.54 Å². The third-order valence-corrected chi connectivity index (χ3v) is 4.41. The smallest absolute Gasteiger partial charge is 0.254 e. The number of hydrogen-bond acceptors (Lipinski definition) is 2. The van der Waals surface area contributed by atoms with Gasteiger partial charge in [-0.3, -0.25) is 14.0 Å². The fraction of sp³-hybridized carbons (Fsp3) is 0.500. The number of para-hydroxylation sites is 1. The van der Waals surface area contributed by atoms with Gasteiger partial charge >= 0.3 is 0 Å². The monoisotopic (exact) mass is 290 g/mol. The maximum Gasteiger partial charge on any atom is 0.254 e. The van der Waals surface area contributed by atoms with E-state index in [1.807, 2.05) is 0 Å². The van der Waals surface area contributed by atoms with Crippen LogP contribution in [0.5, 0.6) is 0 Å². The van der Waals surface area contributed by atoms with E-state index in [2.05, 4.69) is 5.32 Å². The van der Waals surface area contributed by atoms with Crippen molar-refractivity contribution < 1.29 is 14.0 Å². The zero-order valence-electron chi connectivity index (χ0n) is 12.1. The van der Waals surface area contributed by atoms with Crippen LogP contribution in [0.3, 0.4) is 0 Å². The number of alkyl halides is 1. The van der Waals surface area contributed by atoms with E-state index < -0.39 is 12.2 Å². The summed E-state index contributed by atoms with van der Waals surface area (Å²) in [5, 5.41) is 2.91. The third kappa shape index (κ3) is 2.30. The molecule has 112 valence electrons. The fourth-order valence-corrected chi connectivity index (χ4v) is 3.02. The van der Waals surface area contributed by atoms with Crippen molar-refractivity contribution in [2.45, 2.75) is 31.7 Å². The number of anilines is 1. The Kier molecular flexibility index (Phi) is 3.43. The first kappa shape index (κ1) is 14.0. The Morgan fingerprint density at radius 1 is 1.33 bits per heavy atom. The first-order valence-electron chi connectivity index (χ1n) is 7.37. The lowest BCUT2D eigenvalue weighted by atomic mass is 9.94. The molecule has 3 rings (SSSR count). The van der Waals surface area contributed by atoms with Gasteiger partial charge in [-0.25, -0.2) is 0 Å². The minimum atomic E-state index is -0.883. The van der Waals surface area contributed by atoms with Gasteiger partial charge in [0.2, 0.25) is 0 Å². The maximum atomic E-state index is 13.0. The van der Waals surface area contributed by atoms with E-state index in [9.17, 15) is 14.0 Å². The Balaban J connectivity index is 2.06. The molecule has 1 aromatic carbocycles. The predicted octanol–water partition coefficient (Wildman–Crippen LogP) is 2.29. The van der Waals surface area contributed by atoms with Crippen molar-refractivity contribution in [2.75, 3.05) is 18.1 Å². The van der Waals surface area contributed by atoms with Crippen LogP contribution in [0.15, 0.2) is 24.3 Å². The molecule has 1 saturated carbocycles. The summed E-state index contributed by atoms with van der Waals surface area (Å²) in [4.78, 5) is 27.0. The molecular formula is C16H19FN2O2. The number of benzene rings is 1. The van der Waals surface area contributed by atoms with Crippen LogP contribution >= 0.6 is 0 Å². The van der Waals surface area contributed by atoms with E-state index in [0.717, 1.165) is 12.8 Å².